The molecule has 0 saturated carbocycles. The van der Waals surface area contributed by atoms with Gasteiger partial charge in [0.1, 0.15) is 6.04 Å². The molecule has 0 spiro atoms. The minimum absolute atomic E-state index is 0.0782. The van der Waals surface area contributed by atoms with E-state index in [4.69, 9.17) is 0 Å². The molecule has 0 radical (unpaired) electrons. The molecule has 1 aromatic rings. The van der Waals surface area contributed by atoms with E-state index in [1.165, 1.54) is 0 Å². The topological polar surface area (TPSA) is 66.4 Å². The van der Waals surface area contributed by atoms with E-state index in [9.17, 15) is 4.79 Å². The minimum Gasteiger partial charge on any atom is -0.340 e. The van der Waals surface area contributed by atoms with Gasteiger partial charge >= 0.3 is 0 Å². The second-order valence-electron chi connectivity index (χ2n) is 4.03. The lowest BCUT2D eigenvalue weighted by atomic mass is 10.1. The maximum atomic E-state index is 11.8. The summed E-state index contributed by atoms with van der Waals surface area (Å²) < 4.78 is 0. The molecule has 1 amide bonds. The molecule has 17 heavy (non-hydrogen) atoms. The summed E-state index contributed by atoms with van der Waals surface area (Å²) in [5.74, 6) is 0.480. The predicted molar refractivity (Wildman–Crippen MR) is 65.6 cm³/mol. The maximum absolute atomic E-state index is 11.8. The summed E-state index contributed by atoms with van der Waals surface area (Å²) in [4.78, 5) is 20.2. The zero-order valence-electron chi connectivity index (χ0n) is 10.0. The quantitative estimate of drug-likeness (QED) is 0.814. The molecule has 2 rings (SSSR count). The summed E-state index contributed by atoms with van der Waals surface area (Å²) in [5, 5.41) is 5.78. The van der Waals surface area contributed by atoms with Gasteiger partial charge in [-0.3, -0.25) is 20.1 Å². The van der Waals surface area contributed by atoms with Crippen molar-refractivity contribution in [2.45, 2.75) is 26.3 Å². The number of rotatable bonds is 3. The van der Waals surface area contributed by atoms with Crippen LogP contribution < -0.4 is 10.6 Å². The number of aliphatic imine (C=N–C) groups is 1. The number of carbonyl (C=O) groups is 1. The van der Waals surface area contributed by atoms with Crippen molar-refractivity contribution in [3.05, 3.63) is 29.6 Å². The first kappa shape index (κ1) is 11.6. The van der Waals surface area contributed by atoms with E-state index < -0.39 is 0 Å². The Bertz CT molecular complexity index is 438. The maximum Gasteiger partial charge on any atom is 0.253 e. The van der Waals surface area contributed by atoms with Gasteiger partial charge in [0.15, 0.2) is 5.96 Å². The van der Waals surface area contributed by atoms with E-state index in [1.807, 2.05) is 26.0 Å². The predicted octanol–water partition coefficient (Wildman–Crippen LogP) is 0.917. The Morgan fingerprint density at radius 3 is 2.94 bits per heavy atom. The fourth-order valence-corrected chi connectivity index (χ4v) is 1.62. The lowest BCUT2D eigenvalue weighted by molar-refractivity contribution is -0.120. The van der Waals surface area contributed by atoms with Crippen LogP contribution in [-0.4, -0.2) is 23.4 Å². The molecule has 1 unspecified atom stereocenters. The molecule has 5 heteroatoms. The molecule has 90 valence electrons. The average Bonchev–Trinajstić information content (AvgIpc) is 2.69. The smallest absolute Gasteiger partial charge is 0.253 e. The van der Waals surface area contributed by atoms with Crippen molar-refractivity contribution in [2.24, 2.45) is 4.99 Å². The summed E-state index contributed by atoms with van der Waals surface area (Å²) in [6, 6.07) is 3.42. The number of aryl methyl sites for hydroxylation is 1. The molecule has 1 fully saturated rings. The second-order valence-corrected chi connectivity index (χ2v) is 4.03. The fraction of sp³-hybridized carbons (Fsp3) is 0.417. The van der Waals surface area contributed by atoms with Crippen LogP contribution in [0.2, 0.25) is 0 Å². The number of nitrogens with zero attached hydrogens (tertiary/aromatic N) is 2. The van der Waals surface area contributed by atoms with Gasteiger partial charge in [-0.15, -0.1) is 0 Å². The van der Waals surface area contributed by atoms with Crippen molar-refractivity contribution >= 4 is 11.9 Å². The Labute approximate surface area is 100 Å². The lowest BCUT2D eigenvalue weighted by Gasteiger charge is -2.07. The zero-order chi connectivity index (χ0) is 12.3. The van der Waals surface area contributed by atoms with E-state index in [1.54, 1.807) is 6.20 Å². The molecule has 0 bridgehead atoms. The lowest BCUT2D eigenvalue weighted by Crippen LogP contribution is -2.25. The first-order chi connectivity index (χ1) is 8.20. The summed E-state index contributed by atoms with van der Waals surface area (Å²) in [7, 11) is 0. The Morgan fingerprint density at radius 1 is 1.47 bits per heavy atom. The van der Waals surface area contributed by atoms with E-state index in [0.717, 1.165) is 17.7 Å². The molecule has 1 saturated heterocycles. The zero-order valence-corrected chi connectivity index (χ0v) is 10.0. The fourth-order valence-electron chi connectivity index (χ4n) is 1.62. The molecule has 0 aliphatic carbocycles. The molecule has 1 atom stereocenters. The van der Waals surface area contributed by atoms with Gasteiger partial charge in [-0.2, -0.15) is 0 Å². The van der Waals surface area contributed by atoms with E-state index in [2.05, 4.69) is 20.6 Å². The molecule has 1 aromatic heterocycles. The molecular formula is C12H16N4O. The Morgan fingerprint density at radius 2 is 2.29 bits per heavy atom. The third-order valence-corrected chi connectivity index (χ3v) is 2.55. The number of amides is 1. The van der Waals surface area contributed by atoms with Gasteiger partial charge < -0.3 is 5.32 Å². The first-order valence-corrected chi connectivity index (χ1v) is 5.75. The van der Waals surface area contributed by atoms with E-state index in [-0.39, 0.29) is 11.9 Å². The van der Waals surface area contributed by atoms with Crippen LogP contribution in [0.15, 0.2) is 23.3 Å². The van der Waals surface area contributed by atoms with Crippen molar-refractivity contribution in [1.82, 2.24) is 15.6 Å². The van der Waals surface area contributed by atoms with Gasteiger partial charge in [-0.25, -0.2) is 0 Å². The van der Waals surface area contributed by atoms with Crippen LogP contribution in [0.3, 0.4) is 0 Å². The van der Waals surface area contributed by atoms with Crippen LogP contribution >= 0.6 is 0 Å². The van der Waals surface area contributed by atoms with Gasteiger partial charge in [0.2, 0.25) is 0 Å². The van der Waals surface area contributed by atoms with Crippen LogP contribution in [-0.2, 0) is 4.79 Å². The molecular weight excluding hydrogens is 216 g/mol. The van der Waals surface area contributed by atoms with Crippen LogP contribution in [0, 0.1) is 6.92 Å². The van der Waals surface area contributed by atoms with E-state index >= 15 is 0 Å². The molecule has 2 N–H and O–H groups in total. The third-order valence-electron chi connectivity index (χ3n) is 2.55. The molecule has 1 aliphatic rings. The summed E-state index contributed by atoms with van der Waals surface area (Å²) >= 11 is 0. The van der Waals surface area contributed by atoms with Gasteiger partial charge in [0, 0.05) is 24.0 Å². The Hall–Kier alpha value is -1.91. The van der Waals surface area contributed by atoms with Crippen molar-refractivity contribution in [2.75, 3.05) is 6.54 Å². The highest BCUT2D eigenvalue weighted by atomic mass is 16.2. The Kier molecular flexibility index (Phi) is 3.37. The molecule has 1 aliphatic heterocycles. The number of pyridine rings is 1. The van der Waals surface area contributed by atoms with Gasteiger partial charge in [-0.1, -0.05) is 13.0 Å². The number of aromatic nitrogens is 1. The summed E-state index contributed by atoms with van der Waals surface area (Å²) in [5.41, 5.74) is 1.79. The normalized spacial score (nSPS) is 21.4. The second kappa shape index (κ2) is 4.95. The highest BCUT2D eigenvalue weighted by molar-refractivity contribution is 6.06. The highest BCUT2D eigenvalue weighted by Crippen LogP contribution is 2.15. The summed E-state index contributed by atoms with van der Waals surface area (Å²) in [6.07, 6.45) is 2.67. The average molecular weight is 232 g/mol. The number of nitrogens with one attached hydrogen (secondary N) is 2. The third kappa shape index (κ3) is 2.61. The largest absolute Gasteiger partial charge is 0.340 e. The monoisotopic (exact) mass is 232 g/mol. The van der Waals surface area contributed by atoms with Crippen molar-refractivity contribution in [1.29, 1.82) is 0 Å². The van der Waals surface area contributed by atoms with Crippen LogP contribution in [0.5, 0.6) is 0 Å². The van der Waals surface area contributed by atoms with Gasteiger partial charge in [0.25, 0.3) is 5.91 Å². The van der Waals surface area contributed by atoms with Crippen LogP contribution in [0.1, 0.15) is 30.6 Å². The van der Waals surface area contributed by atoms with Crippen LogP contribution in [0.25, 0.3) is 0 Å². The molecule has 5 nitrogen and oxygen atoms in total. The van der Waals surface area contributed by atoms with Crippen LogP contribution in [0.4, 0.5) is 0 Å². The Balaban J connectivity index is 2.13. The number of carbonyl (C=O) groups excluding carboxylic acids is 1. The van der Waals surface area contributed by atoms with Gasteiger partial charge in [0.05, 0.1) is 0 Å². The van der Waals surface area contributed by atoms with Crippen molar-refractivity contribution in [3.8, 4) is 0 Å². The number of guanidine groups is 1. The van der Waals surface area contributed by atoms with Crippen molar-refractivity contribution < 1.29 is 4.79 Å². The molecule has 0 aromatic carbocycles. The number of hydrogen-bond acceptors (Lipinski definition) is 3. The summed E-state index contributed by atoms with van der Waals surface area (Å²) in [6.45, 7) is 4.67. The van der Waals surface area contributed by atoms with E-state index in [0.29, 0.717) is 12.5 Å². The first-order valence-electron chi connectivity index (χ1n) is 5.75. The van der Waals surface area contributed by atoms with Crippen molar-refractivity contribution in [3.63, 3.8) is 0 Å². The number of hydrogen-bond donors (Lipinski definition) is 2. The molecule has 2 heterocycles. The standard InChI is InChI=1S/C12H16N4O/c1-3-6-13-12-15-10(11(17)16-12)9-5-4-8(2)14-7-9/h4-5,7,10H,3,6H2,1-2H3,(H2,13,15,16,17). The SMILES string of the molecule is CCCN=C1NC(=O)C(c2ccc(C)nc2)N1. The minimum atomic E-state index is -0.376. The van der Waals surface area contributed by atoms with Gasteiger partial charge in [-0.05, 0) is 19.4 Å². The highest BCUT2D eigenvalue weighted by Gasteiger charge is 2.29.